The quantitative estimate of drug-likeness (QED) is 0.763. The van der Waals surface area contributed by atoms with Crippen LogP contribution in [-0.2, 0) is 6.18 Å². The van der Waals surface area contributed by atoms with Gasteiger partial charge in [-0.1, -0.05) is 11.6 Å². The Kier molecular flexibility index (Phi) is 5.10. The molecule has 5 nitrogen and oxygen atoms in total. The molecule has 1 aliphatic rings. The second-order valence-corrected chi connectivity index (χ2v) is 6.36. The summed E-state index contributed by atoms with van der Waals surface area (Å²) in [4.78, 5) is 14.2. The number of nitrogens with zero attached hydrogens (tertiary/aromatic N) is 3. The third-order valence-electron chi connectivity index (χ3n) is 4.15. The van der Waals surface area contributed by atoms with Crippen molar-refractivity contribution in [3.8, 4) is 0 Å². The smallest absolute Gasteiger partial charge is 0.417 e. The maximum absolute atomic E-state index is 12.5. The van der Waals surface area contributed by atoms with Crippen LogP contribution in [0.5, 0.6) is 0 Å². The van der Waals surface area contributed by atoms with E-state index in [0.29, 0.717) is 36.5 Å². The standard InChI is InChI=1S/C16H15ClF3N3O2/c17-12-3-1-10(2-4-12)13(24)9-23-7-5-11(6-8-23)14-21-22-15(25-14)16(18,19)20/h1-4,11H,5-9H2. The molecule has 0 atom stereocenters. The second-order valence-electron chi connectivity index (χ2n) is 5.92. The van der Waals surface area contributed by atoms with Crippen molar-refractivity contribution in [2.24, 2.45) is 0 Å². The number of carbonyl (C=O) groups excluding carboxylic acids is 1. The maximum atomic E-state index is 12.5. The van der Waals surface area contributed by atoms with Crippen molar-refractivity contribution in [1.29, 1.82) is 0 Å². The van der Waals surface area contributed by atoms with Gasteiger partial charge in [0.15, 0.2) is 5.78 Å². The van der Waals surface area contributed by atoms with Crippen LogP contribution in [0.3, 0.4) is 0 Å². The predicted molar refractivity (Wildman–Crippen MR) is 83.5 cm³/mol. The van der Waals surface area contributed by atoms with Gasteiger partial charge in [0, 0.05) is 16.5 Å². The first-order valence-electron chi connectivity index (χ1n) is 7.74. The Labute approximate surface area is 146 Å². The largest absolute Gasteiger partial charge is 0.470 e. The van der Waals surface area contributed by atoms with E-state index < -0.39 is 12.1 Å². The van der Waals surface area contributed by atoms with Gasteiger partial charge in [-0.25, -0.2) is 0 Å². The van der Waals surface area contributed by atoms with Crippen LogP contribution >= 0.6 is 11.6 Å². The van der Waals surface area contributed by atoms with Crippen LogP contribution < -0.4 is 0 Å². The lowest BCUT2D eigenvalue weighted by Crippen LogP contribution is -2.36. The van der Waals surface area contributed by atoms with Crippen molar-refractivity contribution >= 4 is 17.4 Å². The molecule has 3 rings (SSSR count). The van der Waals surface area contributed by atoms with Crippen molar-refractivity contribution < 1.29 is 22.4 Å². The fourth-order valence-electron chi connectivity index (χ4n) is 2.78. The lowest BCUT2D eigenvalue weighted by Gasteiger charge is -2.29. The normalized spacial score (nSPS) is 17.0. The van der Waals surface area contributed by atoms with Crippen LogP contribution in [0.4, 0.5) is 13.2 Å². The van der Waals surface area contributed by atoms with Crippen LogP contribution in [0.15, 0.2) is 28.7 Å². The topological polar surface area (TPSA) is 59.2 Å². The second kappa shape index (κ2) is 7.13. The average Bonchev–Trinajstić information content (AvgIpc) is 3.06. The number of benzene rings is 1. The summed E-state index contributed by atoms with van der Waals surface area (Å²) in [6, 6.07) is 6.67. The molecule has 2 aromatic rings. The minimum atomic E-state index is -4.63. The van der Waals surface area contributed by atoms with Crippen LogP contribution in [-0.4, -0.2) is 40.5 Å². The van der Waals surface area contributed by atoms with Crippen molar-refractivity contribution in [3.63, 3.8) is 0 Å². The molecule has 0 saturated carbocycles. The summed E-state index contributed by atoms with van der Waals surface area (Å²) in [6.45, 7) is 1.41. The van der Waals surface area contributed by atoms with E-state index in [1.807, 2.05) is 4.90 Å². The number of Topliss-reactive ketones (excluding diaryl/α,β-unsaturated/α-hetero) is 1. The van der Waals surface area contributed by atoms with Gasteiger partial charge in [-0.15, -0.1) is 10.2 Å². The number of piperidine rings is 1. The molecule has 1 fully saturated rings. The summed E-state index contributed by atoms with van der Waals surface area (Å²) in [7, 11) is 0. The predicted octanol–water partition coefficient (Wildman–Crippen LogP) is 3.80. The molecule has 0 bridgehead atoms. The van der Waals surface area contributed by atoms with E-state index in [2.05, 4.69) is 10.2 Å². The molecule has 0 unspecified atom stereocenters. The molecule has 2 heterocycles. The van der Waals surface area contributed by atoms with E-state index in [0.717, 1.165) is 0 Å². The molecule has 1 saturated heterocycles. The molecule has 134 valence electrons. The molecule has 0 radical (unpaired) electrons. The van der Waals surface area contributed by atoms with Gasteiger partial charge < -0.3 is 4.42 Å². The van der Waals surface area contributed by atoms with Crippen molar-refractivity contribution in [2.45, 2.75) is 24.9 Å². The van der Waals surface area contributed by atoms with Crippen LogP contribution in [0.25, 0.3) is 0 Å². The number of hydrogen-bond donors (Lipinski definition) is 0. The van der Waals surface area contributed by atoms with Gasteiger partial charge in [0.1, 0.15) is 0 Å². The Morgan fingerprint density at radius 2 is 1.84 bits per heavy atom. The van der Waals surface area contributed by atoms with E-state index in [1.165, 1.54) is 0 Å². The van der Waals surface area contributed by atoms with Gasteiger partial charge in [0.25, 0.3) is 0 Å². The first kappa shape index (κ1) is 17.9. The van der Waals surface area contributed by atoms with Gasteiger partial charge >= 0.3 is 12.1 Å². The monoisotopic (exact) mass is 373 g/mol. The first-order valence-corrected chi connectivity index (χ1v) is 8.12. The highest BCUT2D eigenvalue weighted by Gasteiger charge is 2.39. The maximum Gasteiger partial charge on any atom is 0.470 e. The summed E-state index contributed by atoms with van der Waals surface area (Å²) >= 11 is 5.80. The molecule has 1 aliphatic heterocycles. The molecule has 25 heavy (non-hydrogen) atoms. The Morgan fingerprint density at radius 1 is 1.20 bits per heavy atom. The minimum Gasteiger partial charge on any atom is -0.417 e. The third-order valence-corrected chi connectivity index (χ3v) is 4.41. The zero-order chi connectivity index (χ0) is 18.0. The Balaban J connectivity index is 1.54. The molecule has 0 N–H and O–H groups in total. The van der Waals surface area contributed by atoms with E-state index in [4.69, 9.17) is 16.0 Å². The lowest BCUT2D eigenvalue weighted by molar-refractivity contribution is -0.157. The van der Waals surface area contributed by atoms with Gasteiger partial charge in [0.05, 0.1) is 6.54 Å². The third kappa shape index (κ3) is 4.38. The van der Waals surface area contributed by atoms with Crippen molar-refractivity contribution in [1.82, 2.24) is 15.1 Å². The molecule has 0 aliphatic carbocycles. The summed E-state index contributed by atoms with van der Waals surface area (Å²) < 4.78 is 42.3. The summed E-state index contributed by atoms with van der Waals surface area (Å²) in [6.07, 6.45) is -3.50. The highest BCUT2D eigenvalue weighted by Crippen LogP contribution is 2.32. The average molecular weight is 374 g/mol. The molecule has 9 heteroatoms. The van der Waals surface area contributed by atoms with Gasteiger partial charge in [-0.3, -0.25) is 9.69 Å². The van der Waals surface area contributed by atoms with Gasteiger partial charge in [0.2, 0.25) is 5.89 Å². The fourth-order valence-corrected chi connectivity index (χ4v) is 2.91. The number of aromatic nitrogens is 2. The highest BCUT2D eigenvalue weighted by molar-refractivity contribution is 6.30. The zero-order valence-corrected chi connectivity index (χ0v) is 13.8. The lowest BCUT2D eigenvalue weighted by atomic mass is 9.96. The number of rotatable bonds is 4. The Morgan fingerprint density at radius 3 is 2.40 bits per heavy atom. The molecule has 1 aromatic carbocycles. The molecule has 0 spiro atoms. The van der Waals surface area contributed by atoms with Crippen LogP contribution in [0.2, 0.25) is 5.02 Å². The number of hydrogen-bond acceptors (Lipinski definition) is 5. The molecular weight excluding hydrogens is 359 g/mol. The van der Waals surface area contributed by atoms with E-state index in [9.17, 15) is 18.0 Å². The fraction of sp³-hybridized carbons (Fsp3) is 0.438. The summed E-state index contributed by atoms with van der Waals surface area (Å²) in [5.41, 5.74) is 0.582. The molecule has 1 aromatic heterocycles. The number of carbonyl (C=O) groups is 1. The molecule has 0 amide bonds. The SMILES string of the molecule is O=C(CN1CCC(c2nnc(C(F)(F)F)o2)CC1)c1ccc(Cl)cc1. The highest BCUT2D eigenvalue weighted by atomic mass is 35.5. The Hall–Kier alpha value is -1.93. The van der Waals surface area contributed by atoms with Crippen molar-refractivity contribution in [2.75, 3.05) is 19.6 Å². The number of alkyl halides is 3. The number of ketones is 1. The number of halogens is 4. The van der Waals surface area contributed by atoms with E-state index in [1.54, 1.807) is 24.3 Å². The van der Waals surface area contributed by atoms with E-state index >= 15 is 0 Å². The molecular formula is C16H15ClF3N3O2. The van der Waals surface area contributed by atoms with Crippen molar-refractivity contribution in [3.05, 3.63) is 46.6 Å². The van der Waals surface area contributed by atoms with Gasteiger partial charge in [-0.2, -0.15) is 13.2 Å². The number of likely N-dealkylation sites (tertiary alicyclic amines) is 1. The summed E-state index contributed by atoms with van der Waals surface area (Å²) in [5, 5.41) is 7.14. The first-order chi connectivity index (χ1) is 11.8. The minimum absolute atomic E-state index is 0.0102. The van der Waals surface area contributed by atoms with Gasteiger partial charge in [-0.05, 0) is 50.2 Å². The zero-order valence-electron chi connectivity index (χ0n) is 13.1. The van der Waals surface area contributed by atoms with E-state index in [-0.39, 0.29) is 24.1 Å². The Bertz CT molecular complexity index is 738. The van der Waals surface area contributed by atoms with Crippen LogP contribution in [0, 0.1) is 0 Å². The summed E-state index contributed by atoms with van der Waals surface area (Å²) in [5.74, 6) is -1.54. The van der Waals surface area contributed by atoms with Crippen LogP contribution in [0.1, 0.15) is 40.9 Å².